The number of methoxy groups -OCH3 is 1. The van der Waals surface area contributed by atoms with Crippen molar-refractivity contribution in [2.24, 2.45) is 0 Å². The van der Waals surface area contributed by atoms with Gasteiger partial charge in [0.05, 0.1) is 12.7 Å². The topological polar surface area (TPSA) is 70.3 Å². The molecule has 0 bridgehead atoms. The van der Waals surface area contributed by atoms with Gasteiger partial charge in [0.1, 0.15) is 6.61 Å². The Labute approximate surface area is 139 Å². The summed E-state index contributed by atoms with van der Waals surface area (Å²) in [5.41, 5.74) is 2.39. The van der Waals surface area contributed by atoms with Crippen LogP contribution in [-0.4, -0.2) is 28.9 Å². The molecule has 2 heterocycles. The SMILES string of the molecule is C#CCOc1cc(-c2nnc(-c3ccc(C)nc3)o2)ccc1OC. The Morgan fingerprint density at radius 3 is 2.50 bits per heavy atom. The van der Waals surface area contributed by atoms with Crippen molar-refractivity contribution in [2.45, 2.75) is 6.92 Å². The molecule has 0 spiro atoms. The molecule has 0 unspecified atom stereocenters. The summed E-state index contributed by atoms with van der Waals surface area (Å²) in [5.74, 6) is 4.30. The van der Waals surface area contributed by atoms with Crippen LogP contribution in [0.25, 0.3) is 22.9 Å². The van der Waals surface area contributed by atoms with Crippen molar-refractivity contribution < 1.29 is 13.9 Å². The lowest BCUT2D eigenvalue weighted by molar-refractivity contribution is 0.331. The summed E-state index contributed by atoms with van der Waals surface area (Å²) in [6.45, 7) is 2.06. The number of benzene rings is 1. The average molecular weight is 321 g/mol. The quantitative estimate of drug-likeness (QED) is 0.672. The van der Waals surface area contributed by atoms with Crippen LogP contribution in [0.1, 0.15) is 5.69 Å². The van der Waals surface area contributed by atoms with E-state index in [4.69, 9.17) is 20.3 Å². The van der Waals surface area contributed by atoms with Crippen LogP contribution in [0.2, 0.25) is 0 Å². The Kier molecular flexibility index (Phi) is 4.43. The first-order valence-electron chi connectivity index (χ1n) is 7.22. The highest BCUT2D eigenvalue weighted by molar-refractivity contribution is 5.61. The fraction of sp³-hybridized carbons (Fsp3) is 0.167. The zero-order valence-corrected chi connectivity index (χ0v) is 13.3. The number of aryl methyl sites for hydroxylation is 1. The van der Waals surface area contributed by atoms with Crippen molar-refractivity contribution in [1.29, 1.82) is 0 Å². The second-order valence-electron chi connectivity index (χ2n) is 4.96. The van der Waals surface area contributed by atoms with Gasteiger partial charge in [-0.15, -0.1) is 16.6 Å². The van der Waals surface area contributed by atoms with Gasteiger partial charge in [0.25, 0.3) is 0 Å². The fourth-order valence-corrected chi connectivity index (χ4v) is 2.09. The minimum Gasteiger partial charge on any atom is -0.493 e. The van der Waals surface area contributed by atoms with Crippen LogP contribution in [0.4, 0.5) is 0 Å². The Morgan fingerprint density at radius 1 is 1.08 bits per heavy atom. The van der Waals surface area contributed by atoms with Gasteiger partial charge in [-0.05, 0) is 37.3 Å². The molecule has 6 nitrogen and oxygen atoms in total. The largest absolute Gasteiger partial charge is 0.493 e. The van der Waals surface area contributed by atoms with Gasteiger partial charge in [0.15, 0.2) is 11.5 Å². The van der Waals surface area contributed by atoms with E-state index in [1.807, 2.05) is 25.1 Å². The number of ether oxygens (including phenoxy) is 2. The van der Waals surface area contributed by atoms with E-state index in [-0.39, 0.29) is 6.61 Å². The molecule has 0 atom stereocenters. The molecule has 0 aliphatic heterocycles. The van der Waals surface area contributed by atoms with Crippen molar-refractivity contribution >= 4 is 0 Å². The maximum absolute atomic E-state index is 5.73. The van der Waals surface area contributed by atoms with Gasteiger partial charge in [-0.25, -0.2) is 0 Å². The molecule has 0 amide bonds. The molecule has 0 saturated heterocycles. The van der Waals surface area contributed by atoms with Gasteiger partial charge < -0.3 is 13.9 Å². The lowest BCUT2D eigenvalue weighted by atomic mass is 10.2. The molecule has 2 aromatic heterocycles. The highest BCUT2D eigenvalue weighted by atomic mass is 16.5. The van der Waals surface area contributed by atoms with Crippen molar-refractivity contribution in [3.63, 3.8) is 0 Å². The summed E-state index contributed by atoms with van der Waals surface area (Å²) in [6.07, 6.45) is 6.93. The molecule has 0 saturated carbocycles. The van der Waals surface area contributed by atoms with Crippen molar-refractivity contribution in [3.8, 4) is 46.8 Å². The van der Waals surface area contributed by atoms with E-state index in [1.165, 1.54) is 0 Å². The minimum absolute atomic E-state index is 0.143. The fourth-order valence-electron chi connectivity index (χ4n) is 2.09. The van der Waals surface area contributed by atoms with Crippen LogP contribution in [0.5, 0.6) is 11.5 Å². The molecule has 0 radical (unpaired) electrons. The van der Waals surface area contributed by atoms with Gasteiger partial charge in [0, 0.05) is 17.5 Å². The number of pyridine rings is 1. The predicted octanol–water partition coefficient (Wildman–Crippen LogP) is 3.13. The molecule has 1 aromatic carbocycles. The van der Waals surface area contributed by atoms with E-state index in [0.717, 1.165) is 11.3 Å². The molecule has 3 aromatic rings. The van der Waals surface area contributed by atoms with Crippen molar-refractivity contribution in [1.82, 2.24) is 15.2 Å². The Balaban J connectivity index is 1.92. The predicted molar refractivity (Wildman–Crippen MR) is 88.6 cm³/mol. The van der Waals surface area contributed by atoms with Crippen LogP contribution in [0.15, 0.2) is 40.9 Å². The highest BCUT2D eigenvalue weighted by Gasteiger charge is 2.13. The summed E-state index contributed by atoms with van der Waals surface area (Å²) in [5, 5.41) is 8.15. The molecule has 0 fully saturated rings. The third-order valence-electron chi connectivity index (χ3n) is 3.30. The standard InChI is InChI=1S/C18H15N3O3/c1-4-9-23-16-10-13(7-8-15(16)22-3)17-20-21-18(24-17)14-6-5-12(2)19-11-14/h1,5-8,10-11H,9H2,2-3H3. The van der Waals surface area contributed by atoms with E-state index < -0.39 is 0 Å². The highest BCUT2D eigenvalue weighted by Crippen LogP contribution is 2.33. The van der Waals surface area contributed by atoms with E-state index in [0.29, 0.717) is 28.8 Å². The van der Waals surface area contributed by atoms with Crippen LogP contribution in [-0.2, 0) is 0 Å². The molecule has 6 heteroatoms. The third-order valence-corrected chi connectivity index (χ3v) is 3.30. The molecular formula is C18H15N3O3. The summed E-state index contributed by atoms with van der Waals surface area (Å²) in [4.78, 5) is 4.22. The monoisotopic (exact) mass is 321 g/mol. The molecular weight excluding hydrogens is 306 g/mol. The van der Waals surface area contributed by atoms with Gasteiger partial charge >= 0.3 is 0 Å². The van der Waals surface area contributed by atoms with E-state index in [9.17, 15) is 0 Å². The summed E-state index contributed by atoms with van der Waals surface area (Å²) >= 11 is 0. The van der Waals surface area contributed by atoms with Crippen LogP contribution < -0.4 is 9.47 Å². The van der Waals surface area contributed by atoms with Crippen LogP contribution >= 0.6 is 0 Å². The molecule has 3 rings (SSSR count). The van der Waals surface area contributed by atoms with Gasteiger partial charge in [-0.3, -0.25) is 4.98 Å². The number of aromatic nitrogens is 3. The Morgan fingerprint density at radius 2 is 1.83 bits per heavy atom. The maximum Gasteiger partial charge on any atom is 0.249 e. The van der Waals surface area contributed by atoms with Crippen LogP contribution in [0.3, 0.4) is 0 Å². The van der Waals surface area contributed by atoms with Gasteiger partial charge in [-0.1, -0.05) is 5.92 Å². The van der Waals surface area contributed by atoms with Crippen molar-refractivity contribution in [2.75, 3.05) is 13.7 Å². The number of hydrogen-bond acceptors (Lipinski definition) is 6. The first kappa shape index (κ1) is 15.6. The Hall–Kier alpha value is -3.33. The number of rotatable bonds is 5. The molecule has 24 heavy (non-hydrogen) atoms. The van der Waals surface area contributed by atoms with Gasteiger partial charge in [0.2, 0.25) is 11.8 Å². The molecule has 120 valence electrons. The Bertz CT molecular complexity index is 879. The number of hydrogen-bond donors (Lipinski definition) is 0. The average Bonchev–Trinajstić information content (AvgIpc) is 3.10. The second kappa shape index (κ2) is 6.84. The second-order valence-corrected chi connectivity index (χ2v) is 4.96. The third kappa shape index (κ3) is 3.20. The molecule has 0 aliphatic rings. The lowest BCUT2D eigenvalue weighted by Crippen LogP contribution is -1.97. The molecule has 0 N–H and O–H groups in total. The first-order valence-corrected chi connectivity index (χ1v) is 7.22. The smallest absolute Gasteiger partial charge is 0.249 e. The minimum atomic E-state index is 0.143. The lowest BCUT2D eigenvalue weighted by Gasteiger charge is -2.09. The summed E-state index contributed by atoms with van der Waals surface area (Å²) in [6, 6.07) is 9.10. The van der Waals surface area contributed by atoms with Gasteiger partial charge in [-0.2, -0.15) is 0 Å². The number of terminal acetylenes is 1. The normalized spacial score (nSPS) is 10.2. The number of nitrogens with zero attached hydrogens (tertiary/aromatic N) is 3. The van der Waals surface area contributed by atoms with E-state index in [1.54, 1.807) is 25.4 Å². The van der Waals surface area contributed by atoms with Crippen LogP contribution in [0, 0.1) is 19.3 Å². The summed E-state index contributed by atoms with van der Waals surface area (Å²) < 4.78 is 16.5. The van der Waals surface area contributed by atoms with E-state index >= 15 is 0 Å². The van der Waals surface area contributed by atoms with Crippen molar-refractivity contribution in [3.05, 3.63) is 42.2 Å². The zero-order valence-electron chi connectivity index (χ0n) is 13.3. The maximum atomic E-state index is 5.73. The van der Waals surface area contributed by atoms with E-state index in [2.05, 4.69) is 21.1 Å². The first-order chi connectivity index (χ1) is 11.7. The summed E-state index contributed by atoms with van der Waals surface area (Å²) in [7, 11) is 1.56. The zero-order chi connectivity index (χ0) is 16.9. The molecule has 0 aliphatic carbocycles.